The van der Waals surface area contributed by atoms with Crippen molar-refractivity contribution in [1.82, 2.24) is 10.0 Å². The summed E-state index contributed by atoms with van der Waals surface area (Å²) in [5.74, 6) is 0.350. The lowest BCUT2D eigenvalue weighted by Gasteiger charge is -2.24. The molecule has 0 saturated heterocycles. The summed E-state index contributed by atoms with van der Waals surface area (Å²) in [5.41, 5.74) is 0.579. The Hall–Kier alpha value is -2.02. The summed E-state index contributed by atoms with van der Waals surface area (Å²) in [7, 11) is 3.20. The molecule has 0 spiro atoms. The molecule has 1 aromatic rings. The van der Waals surface area contributed by atoms with Crippen LogP contribution < -0.4 is 14.8 Å². The van der Waals surface area contributed by atoms with Gasteiger partial charge in [-0.15, -0.1) is 0 Å². The molecule has 0 fully saturated rings. The van der Waals surface area contributed by atoms with Crippen molar-refractivity contribution in [3.8, 4) is 5.75 Å². The van der Waals surface area contributed by atoms with Gasteiger partial charge in [0.2, 0.25) is 0 Å². The van der Waals surface area contributed by atoms with Crippen LogP contribution in [-0.4, -0.2) is 25.9 Å². The van der Waals surface area contributed by atoms with Gasteiger partial charge in [-0.25, -0.2) is 4.72 Å². The molecule has 1 aromatic carbocycles. The number of hydrogen-bond acceptors (Lipinski definition) is 5. The normalized spacial score (nSPS) is 11.8. The zero-order valence-corrected chi connectivity index (χ0v) is 15.3. The van der Waals surface area contributed by atoms with Crippen LogP contribution in [0.3, 0.4) is 0 Å². The molecule has 6 heteroatoms. The van der Waals surface area contributed by atoms with Crippen LogP contribution in [0.25, 0.3) is 0 Å². The minimum absolute atomic E-state index is 0.247. The molecular formula is C18H24N2O3S. The quantitative estimate of drug-likeness (QED) is 0.405. The van der Waals surface area contributed by atoms with Gasteiger partial charge in [0.05, 0.1) is 12.0 Å². The fraction of sp³-hybridized carbons (Fsp3) is 0.278. The van der Waals surface area contributed by atoms with Crippen molar-refractivity contribution in [3.05, 3.63) is 60.8 Å². The number of ether oxygens (including phenoxy) is 2. The Balaban J connectivity index is 2.93. The second-order valence-electron chi connectivity index (χ2n) is 5.30. The molecule has 0 heterocycles. The monoisotopic (exact) mass is 348 g/mol. The van der Waals surface area contributed by atoms with E-state index in [1.807, 2.05) is 19.9 Å². The first kappa shape index (κ1) is 20.0. The molecule has 2 N–H and O–H groups in total. The third-order valence-corrected chi connectivity index (χ3v) is 4.27. The van der Waals surface area contributed by atoms with E-state index in [1.54, 1.807) is 44.6 Å². The van der Waals surface area contributed by atoms with Crippen molar-refractivity contribution in [1.29, 1.82) is 0 Å². The van der Waals surface area contributed by atoms with Gasteiger partial charge >= 0.3 is 0 Å². The SMILES string of the molecule is C=C/C=C(\C=C)NC(=O)c1ccc(SNC(C)(C)OC)c(OC)c1. The topological polar surface area (TPSA) is 59.6 Å². The van der Waals surface area contributed by atoms with Gasteiger partial charge in [0.15, 0.2) is 0 Å². The van der Waals surface area contributed by atoms with E-state index in [2.05, 4.69) is 23.2 Å². The predicted molar refractivity (Wildman–Crippen MR) is 99.0 cm³/mol. The number of amides is 1. The van der Waals surface area contributed by atoms with Crippen LogP contribution >= 0.6 is 11.9 Å². The van der Waals surface area contributed by atoms with E-state index >= 15 is 0 Å². The standard InChI is InChI=1S/C18H24N2O3S/c1-7-9-14(8-2)19-17(21)13-10-11-16(15(12-13)22-5)24-20-18(3,4)23-6/h7-12,20H,1-2H2,3-6H3,(H,19,21)/b14-9+. The van der Waals surface area contributed by atoms with Crippen molar-refractivity contribution in [2.75, 3.05) is 14.2 Å². The Labute approximate surface area is 147 Å². The smallest absolute Gasteiger partial charge is 0.255 e. The van der Waals surface area contributed by atoms with Crippen LogP contribution in [0, 0.1) is 0 Å². The lowest BCUT2D eigenvalue weighted by atomic mass is 10.2. The number of nitrogens with one attached hydrogen (secondary N) is 2. The van der Waals surface area contributed by atoms with Crippen LogP contribution in [0.5, 0.6) is 5.75 Å². The van der Waals surface area contributed by atoms with Crippen molar-refractivity contribution in [2.24, 2.45) is 0 Å². The first-order chi connectivity index (χ1) is 11.4. The Bertz CT molecular complexity index is 639. The molecule has 24 heavy (non-hydrogen) atoms. The van der Waals surface area contributed by atoms with Gasteiger partial charge in [-0.2, -0.15) is 0 Å². The predicted octanol–water partition coefficient (Wildman–Crippen LogP) is 3.66. The third-order valence-electron chi connectivity index (χ3n) is 3.12. The zero-order chi connectivity index (χ0) is 18.2. The molecule has 1 amide bonds. The molecular weight excluding hydrogens is 324 g/mol. The van der Waals surface area contributed by atoms with Gasteiger partial charge in [0, 0.05) is 18.4 Å². The maximum absolute atomic E-state index is 12.3. The van der Waals surface area contributed by atoms with E-state index in [4.69, 9.17) is 9.47 Å². The van der Waals surface area contributed by atoms with E-state index in [0.29, 0.717) is 17.0 Å². The second kappa shape index (κ2) is 9.32. The fourth-order valence-corrected chi connectivity index (χ4v) is 2.42. The highest BCUT2D eigenvalue weighted by Gasteiger charge is 2.17. The number of rotatable bonds is 9. The van der Waals surface area contributed by atoms with Crippen LogP contribution in [-0.2, 0) is 4.74 Å². The Morgan fingerprint density at radius 2 is 2.00 bits per heavy atom. The van der Waals surface area contributed by atoms with Crippen molar-refractivity contribution >= 4 is 17.9 Å². The Morgan fingerprint density at radius 3 is 2.54 bits per heavy atom. The summed E-state index contributed by atoms with van der Waals surface area (Å²) in [6, 6.07) is 5.24. The summed E-state index contributed by atoms with van der Waals surface area (Å²) in [6.45, 7) is 11.1. The number of carbonyl (C=O) groups excluding carboxylic acids is 1. The highest BCUT2D eigenvalue weighted by atomic mass is 32.2. The molecule has 5 nitrogen and oxygen atoms in total. The van der Waals surface area contributed by atoms with Gasteiger partial charge in [-0.3, -0.25) is 4.79 Å². The molecule has 0 unspecified atom stereocenters. The molecule has 0 aromatic heterocycles. The molecule has 0 aliphatic carbocycles. The molecule has 1 rings (SSSR count). The number of methoxy groups -OCH3 is 2. The van der Waals surface area contributed by atoms with E-state index < -0.39 is 5.72 Å². The highest BCUT2D eigenvalue weighted by molar-refractivity contribution is 7.97. The highest BCUT2D eigenvalue weighted by Crippen LogP contribution is 2.30. The molecule has 0 bridgehead atoms. The summed E-state index contributed by atoms with van der Waals surface area (Å²) >= 11 is 1.38. The molecule has 0 radical (unpaired) electrons. The minimum Gasteiger partial charge on any atom is -0.496 e. The summed E-state index contributed by atoms with van der Waals surface area (Å²) in [5, 5.41) is 2.75. The maximum atomic E-state index is 12.3. The Kier molecular flexibility index (Phi) is 7.78. The van der Waals surface area contributed by atoms with Crippen molar-refractivity contribution in [2.45, 2.75) is 24.5 Å². The average Bonchev–Trinajstić information content (AvgIpc) is 2.59. The van der Waals surface area contributed by atoms with Crippen molar-refractivity contribution in [3.63, 3.8) is 0 Å². The van der Waals surface area contributed by atoms with E-state index in [9.17, 15) is 4.79 Å². The first-order valence-corrected chi connectivity index (χ1v) is 8.12. The van der Waals surface area contributed by atoms with Crippen LogP contribution in [0.15, 0.2) is 60.2 Å². The molecule has 0 saturated carbocycles. The van der Waals surface area contributed by atoms with Crippen LogP contribution in [0.1, 0.15) is 24.2 Å². The van der Waals surface area contributed by atoms with E-state index in [0.717, 1.165) is 4.90 Å². The number of carbonyl (C=O) groups is 1. The Morgan fingerprint density at radius 1 is 1.29 bits per heavy atom. The summed E-state index contributed by atoms with van der Waals surface area (Å²) in [6.07, 6.45) is 4.81. The van der Waals surface area contributed by atoms with Crippen LogP contribution in [0.4, 0.5) is 0 Å². The minimum atomic E-state index is -0.486. The second-order valence-corrected chi connectivity index (χ2v) is 6.15. The summed E-state index contributed by atoms with van der Waals surface area (Å²) < 4.78 is 13.9. The number of benzene rings is 1. The lowest BCUT2D eigenvalue weighted by Crippen LogP contribution is -2.36. The van der Waals surface area contributed by atoms with Gasteiger partial charge in [-0.05, 0) is 56.1 Å². The molecule has 0 atom stereocenters. The lowest BCUT2D eigenvalue weighted by molar-refractivity contribution is 0.0155. The van der Waals surface area contributed by atoms with Gasteiger partial charge in [0.1, 0.15) is 11.5 Å². The maximum Gasteiger partial charge on any atom is 0.255 e. The van der Waals surface area contributed by atoms with E-state index in [1.165, 1.54) is 11.9 Å². The van der Waals surface area contributed by atoms with Gasteiger partial charge in [-0.1, -0.05) is 19.2 Å². The van der Waals surface area contributed by atoms with E-state index in [-0.39, 0.29) is 5.91 Å². The average molecular weight is 348 g/mol. The number of allylic oxidation sites excluding steroid dienone is 3. The fourth-order valence-electron chi connectivity index (χ4n) is 1.60. The first-order valence-electron chi connectivity index (χ1n) is 7.30. The molecule has 130 valence electrons. The molecule has 0 aliphatic heterocycles. The van der Waals surface area contributed by atoms with Crippen molar-refractivity contribution < 1.29 is 14.3 Å². The van der Waals surface area contributed by atoms with Gasteiger partial charge in [0.25, 0.3) is 5.91 Å². The van der Waals surface area contributed by atoms with Crippen LogP contribution in [0.2, 0.25) is 0 Å². The van der Waals surface area contributed by atoms with Gasteiger partial charge < -0.3 is 14.8 Å². The number of hydrogen-bond donors (Lipinski definition) is 2. The largest absolute Gasteiger partial charge is 0.496 e. The molecule has 0 aliphatic rings. The zero-order valence-electron chi connectivity index (χ0n) is 14.5. The third kappa shape index (κ3) is 5.88. The summed E-state index contributed by atoms with van der Waals surface area (Å²) in [4.78, 5) is 13.2.